The van der Waals surface area contributed by atoms with E-state index in [1.165, 1.54) is 0 Å². The van der Waals surface area contributed by atoms with Crippen molar-refractivity contribution in [1.29, 1.82) is 0 Å². The Kier molecular flexibility index (Phi) is 11.6. The summed E-state index contributed by atoms with van der Waals surface area (Å²) in [4.78, 5) is 0. The zero-order chi connectivity index (χ0) is 8.74. The van der Waals surface area contributed by atoms with Crippen molar-refractivity contribution in [2.24, 2.45) is 0 Å². The van der Waals surface area contributed by atoms with Crippen LogP contribution in [-0.2, 0) is 10.1 Å². The van der Waals surface area contributed by atoms with E-state index in [1.807, 2.05) is 0 Å². The molecule has 0 heterocycles. The quantitative estimate of drug-likeness (QED) is 0.219. The van der Waals surface area contributed by atoms with Gasteiger partial charge in [0.1, 0.15) is 0 Å². The zero-order valence-electron chi connectivity index (χ0n) is 7.25. The normalized spacial score (nSPS) is 10.4. The van der Waals surface area contributed by atoms with Crippen molar-refractivity contribution >= 4 is 10.1 Å². The molecule has 1 N–H and O–H groups in total. The molecule has 0 amide bonds. The Hall–Kier alpha value is 1.25. The number of hydrogen-bond donors (Lipinski definition) is 1. The Balaban J connectivity index is 0. The second-order valence-electron chi connectivity index (χ2n) is 2.11. The van der Waals surface area contributed by atoms with E-state index in [0.29, 0.717) is 19.5 Å². The fourth-order valence-corrected chi connectivity index (χ4v) is 1.08. The fourth-order valence-electron chi connectivity index (χ4n) is 0.578. The Bertz CT molecular complexity index is 203. The average Bonchev–Trinajstić information content (AvgIpc) is 1.85. The monoisotopic (exact) mass is 217 g/mol. The third-order valence-corrected chi connectivity index (χ3v) is 1.83. The minimum Gasteiger partial charge on any atom is -0.748 e. The van der Waals surface area contributed by atoms with Crippen molar-refractivity contribution in [1.82, 2.24) is 5.32 Å². The molecule has 0 saturated carbocycles. The van der Waals surface area contributed by atoms with Gasteiger partial charge >= 0.3 is 51.4 Å². The van der Waals surface area contributed by atoms with E-state index in [2.05, 4.69) is 11.9 Å². The molecule has 0 saturated heterocycles. The molecule has 0 aromatic rings. The summed E-state index contributed by atoms with van der Waals surface area (Å²) in [6.45, 7) is 4.64. The molecule has 0 aromatic carbocycles. The second kappa shape index (κ2) is 8.83. The molecule has 0 bridgehead atoms. The van der Waals surface area contributed by atoms with E-state index in [-0.39, 0.29) is 57.1 Å². The van der Waals surface area contributed by atoms with Crippen molar-refractivity contribution in [2.45, 2.75) is 6.42 Å². The second-order valence-corrected chi connectivity index (χ2v) is 3.63. The van der Waals surface area contributed by atoms with Crippen LogP contribution < -0.4 is 56.7 Å². The van der Waals surface area contributed by atoms with Crippen LogP contribution >= 0.6 is 0 Å². The van der Waals surface area contributed by atoms with Gasteiger partial charge in [-0.3, -0.25) is 0 Å². The minimum atomic E-state index is -4.03. The van der Waals surface area contributed by atoms with Crippen LogP contribution in [0.5, 0.6) is 0 Å². The predicted octanol–water partition coefficient (Wildman–Crippen LogP) is -3.30. The van der Waals surface area contributed by atoms with Gasteiger partial charge in [-0.15, -0.1) is 6.58 Å². The third kappa shape index (κ3) is 13.8. The van der Waals surface area contributed by atoms with Crippen LogP contribution in [0.4, 0.5) is 0 Å². The molecule has 12 heavy (non-hydrogen) atoms. The standard InChI is InChI=1S/C6H13NO3S.K/c1-2-4-7-5-3-6-11(8,9)10;/h2,7H,1,3-6H2,(H,8,9,10);/q;+1/p-1. The summed E-state index contributed by atoms with van der Waals surface area (Å²) < 4.78 is 30.2. The maximum absolute atomic E-state index is 10.1. The van der Waals surface area contributed by atoms with Gasteiger partial charge in [-0.05, 0) is 13.0 Å². The molecular formula is C6H12KNO3S. The molecule has 0 fully saturated rings. The van der Waals surface area contributed by atoms with Gasteiger partial charge in [0.25, 0.3) is 0 Å². The van der Waals surface area contributed by atoms with E-state index in [0.717, 1.165) is 0 Å². The summed E-state index contributed by atoms with van der Waals surface area (Å²) in [7, 11) is -4.03. The van der Waals surface area contributed by atoms with Crippen LogP contribution in [0.15, 0.2) is 12.7 Å². The summed E-state index contributed by atoms with van der Waals surface area (Å²) in [5.74, 6) is -0.295. The molecule has 0 unspecified atom stereocenters. The van der Waals surface area contributed by atoms with Gasteiger partial charge in [0, 0.05) is 12.3 Å². The molecule has 0 aromatic heterocycles. The molecule has 0 aliphatic carbocycles. The van der Waals surface area contributed by atoms with Crippen molar-refractivity contribution in [2.75, 3.05) is 18.8 Å². The first-order chi connectivity index (χ1) is 5.06. The SMILES string of the molecule is C=CCNCCCS(=O)(=O)[O-].[K+]. The summed E-state index contributed by atoms with van der Waals surface area (Å²) in [5, 5.41) is 2.89. The summed E-state index contributed by atoms with van der Waals surface area (Å²) in [6, 6.07) is 0. The topological polar surface area (TPSA) is 69.2 Å². The van der Waals surface area contributed by atoms with Crippen LogP contribution in [-0.4, -0.2) is 31.8 Å². The van der Waals surface area contributed by atoms with Gasteiger partial charge in [0.05, 0.1) is 10.1 Å². The smallest absolute Gasteiger partial charge is 0.748 e. The number of hydrogen-bond acceptors (Lipinski definition) is 4. The van der Waals surface area contributed by atoms with Crippen LogP contribution in [0.3, 0.4) is 0 Å². The zero-order valence-corrected chi connectivity index (χ0v) is 11.2. The summed E-state index contributed by atoms with van der Waals surface area (Å²) >= 11 is 0. The molecule has 66 valence electrons. The summed E-state index contributed by atoms with van der Waals surface area (Å²) in [6.07, 6.45) is 2.03. The third-order valence-electron chi connectivity index (χ3n) is 1.04. The van der Waals surface area contributed by atoms with Gasteiger partial charge < -0.3 is 9.87 Å². The summed E-state index contributed by atoms with van der Waals surface area (Å²) in [5.41, 5.74) is 0. The molecule has 0 rings (SSSR count). The maximum atomic E-state index is 10.1. The van der Waals surface area contributed by atoms with Crippen LogP contribution in [0.2, 0.25) is 0 Å². The van der Waals surface area contributed by atoms with Crippen molar-refractivity contribution in [3.8, 4) is 0 Å². The first kappa shape index (κ1) is 15.7. The van der Waals surface area contributed by atoms with Gasteiger partial charge in [-0.25, -0.2) is 8.42 Å². The van der Waals surface area contributed by atoms with Crippen molar-refractivity contribution in [3.63, 3.8) is 0 Å². The predicted molar refractivity (Wildman–Crippen MR) is 42.2 cm³/mol. The van der Waals surface area contributed by atoms with E-state index >= 15 is 0 Å². The number of rotatable bonds is 6. The van der Waals surface area contributed by atoms with Crippen LogP contribution in [0, 0.1) is 0 Å². The molecule has 0 aliphatic rings. The van der Waals surface area contributed by atoms with E-state index < -0.39 is 10.1 Å². The van der Waals surface area contributed by atoms with Gasteiger partial charge in [-0.2, -0.15) is 0 Å². The van der Waals surface area contributed by atoms with E-state index in [4.69, 9.17) is 0 Å². The Morgan fingerprint density at radius 3 is 2.50 bits per heavy atom. The van der Waals surface area contributed by atoms with E-state index in [9.17, 15) is 13.0 Å². The molecular weight excluding hydrogens is 205 g/mol. The van der Waals surface area contributed by atoms with Crippen LogP contribution in [0.1, 0.15) is 6.42 Å². The molecule has 6 heteroatoms. The molecule has 0 spiro atoms. The Morgan fingerprint density at radius 2 is 2.08 bits per heavy atom. The van der Waals surface area contributed by atoms with Crippen molar-refractivity contribution < 1.29 is 64.4 Å². The minimum absolute atomic E-state index is 0. The fraction of sp³-hybridized carbons (Fsp3) is 0.667. The van der Waals surface area contributed by atoms with Gasteiger partial charge in [0.2, 0.25) is 0 Å². The number of nitrogens with one attached hydrogen (secondary N) is 1. The Morgan fingerprint density at radius 1 is 1.50 bits per heavy atom. The molecule has 4 nitrogen and oxygen atoms in total. The van der Waals surface area contributed by atoms with Crippen molar-refractivity contribution in [3.05, 3.63) is 12.7 Å². The molecule has 0 radical (unpaired) electrons. The molecule has 0 atom stereocenters. The van der Waals surface area contributed by atoms with E-state index in [1.54, 1.807) is 6.08 Å². The first-order valence-corrected chi connectivity index (χ1v) is 4.89. The first-order valence-electron chi connectivity index (χ1n) is 3.31. The Labute approximate surface area is 116 Å². The van der Waals surface area contributed by atoms with Gasteiger partial charge in [0.15, 0.2) is 0 Å². The largest absolute Gasteiger partial charge is 1.00 e. The van der Waals surface area contributed by atoms with Gasteiger partial charge in [-0.1, -0.05) is 6.08 Å². The molecule has 0 aliphatic heterocycles. The maximum Gasteiger partial charge on any atom is 1.00 e. The van der Waals surface area contributed by atoms with Crippen LogP contribution in [0.25, 0.3) is 0 Å². The average molecular weight is 217 g/mol.